The summed E-state index contributed by atoms with van der Waals surface area (Å²) in [5.41, 5.74) is 11.7. The summed E-state index contributed by atoms with van der Waals surface area (Å²) in [6.07, 6.45) is 1.90. The molecule has 4 nitrogen and oxygen atoms in total. The van der Waals surface area contributed by atoms with Gasteiger partial charge < -0.3 is 16.0 Å². The predicted molar refractivity (Wildman–Crippen MR) is 50.7 cm³/mol. The maximum Gasteiger partial charge on any atom is 0.222 e. The SMILES string of the molecule is CC(Cn1cccc1CN)C(N)=O. The highest BCUT2D eigenvalue weighted by atomic mass is 16.1. The molecule has 1 amide bonds. The molecule has 0 saturated carbocycles. The summed E-state index contributed by atoms with van der Waals surface area (Å²) in [6, 6.07) is 3.85. The zero-order valence-corrected chi connectivity index (χ0v) is 7.73. The topological polar surface area (TPSA) is 74.0 Å². The minimum atomic E-state index is -0.281. The molecule has 0 spiro atoms. The molecule has 0 aliphatic carbocycles. The Morgan fingerprint density at radius 2 is 2.38 bits per heavy atom. The second-order valence-electron chi connectivity index (χ2n) is 3.16. The monoisotopic (exact) mass is 181 g/mol. The lowest BCUT2D eigenvalue weighted by Gasteiger charge is -2.11. The van der Waals surface area contributed by atoms with E-state index in [9.17, 15) is 4.79 Å². The van der Waals surface area contributed by atoms with Gasteiger partial charge in [-0.15, -0.1) is 0 Å². The lowest BCUT2D eigenvalue weighted by atomic mass is 10.1. The van der Waals surface area contributed by atoms with Gasteiger partial charge in [0.25, 0.3) is 0 Å². The Morgan fingerprint density at radius 3 is 2.92 bits per heavy atom. The lowest BCUT2D eigenvalue weighted by molar-refractivity contribution is -0.121. The third kappa shape index (κ3) is 2.32. The van der Waals surface area contributed by atoms with Crippen LogP contribution in [0, 0.1) is 5.92 Å². The minimum absolute atomic E-state index is 0.155. The largest absolute Gasteiger partial charge is 0.369 e. The van der Waals surface area contributed by atoms with E-state index in [0.29, 0.717) is 13.1 Å². The molecule has 0 fully saturated rings. The van der Waals surface area contributed by atoms with Crippen molar-refractivity contribution in [2.45, 2.75) is 20.0 Å². The molecule has 0 aliphatic rings. The van der Waals surface area contributed by atoms with Crippen LogP contribution in [0.2, 0.25) is 0 Å². The summed E-state index contributed by atoms with van der Waals surface area (Å²) in [4.78, 5) is 10.8. The molecule has 1 rings (SSSR count). The molecule has 1 aromatic rings. The number of nitrogens with two attached hydrogens (primary N) is 2. The maximum absolute atomic E-state index is 10.8. The molecule has 72 valence electrons. The Kier molecular flexibility index (Phi) is 3.08. The van der Waals surface area contributed by atoms with Crippen molar-refractivity contribution in [1.82, 2.24) is 4.57 Å². The number of nitrogens with zero attached hydrogens (tertiary/aromatic N) is 1. The van der Waals surface area contributed by atoms with Crippen LogP contribution in [0.15, 0.2) is 18.3 Å². The highest BCUT2D eigenvalue weighted by Crippen LogP contribution is 2.05. The van der Waals surface area contributed by atoms with Crippen LogP contribution in [0.5, 0.6) is 0 Å². The van der Waals surface area contributed by atoms with Crippen molar-refractivity contribution >= 4 is 5.91 Å². The van der Waals surface area contributed by atoms with Crippen LogP contribution in [0.1, 0.15) is 12.6 Å². The summed E-state index contributed by atoms with van der Waals surface area (Å²) in [7, 11) is 0. The fourth-order valence-corrected chi connectivity index (χ4v) is 1.20. The third-order valence-corrected chi connectivity index (χ3v) is 2.09. The first-order chi connectivity index (χ1) is 6.15. The van der Waals surface area contributed by atoms with Gasteiger partial charge >= 0.3 is 0 Å². The van der Waals surface area contributed by atoms with Gasteiger partial charge in [-0.3, -0.25) is 4.79 Å². The average Bonchev–Trinajstić information content (AvgIpc) is 2.51. The van der Waals surface area contributed by atoms with E-state index in [1.807, 2.05) is 29.8 Å². The molecule has 1 aromatic heterocycles. The maximum atomic E-state index is 10.8. The van der Waals surface area contributed by atoms with Crippen molar-refractivity contribution < 1.29 is 4.79 Å². The molecule has 1 atom stereocenters. The molecule has 0 aromatic carbocycles. The smallest absolute Gasteiger partial charge is 0.222 e. The first-order valence-corrected chi connectivity index (χ1v) is 4.28. The number of rotatable bonds is 4. The summed E-state index contributed by atoms with van der Waals surface area (Å²) in [6.45, 7) is 2.90. The highest BCUT2D eigenvalue weighted by Gasteiger charge is 2.10. The minimum Gasteiger partial charge on any atom is -0.369 e. The van der Waals surface area contributed by atoms with Crippen LogP contribution in [0.3, 0.4) is 0 Å². The zero-order chi connectivity index (χ0) is 9.84. The van der Waals surface area contributed by atoms with Gasteiger partial charge in [0.15, 0.2) is 0 Å². The summed E-state index contributed by atoms with van der Waals surface area (Å²) in [5, 5.41) is 0. The molecule has 1 heterocycles. The van der Waals surface area contributed by atoms with Crippen molar-refractivity contribution in [3.63, 3.8) is 0 Å². The van der Waals surface area contributed by atoms with Gasteiger partial charge in [-0.25, -0.2) is 0 Å². The van der Waals surface area contributed by atoms with E-state index < -0.39 is 0 Å². The van der Waals surface area contributed by atoms with E-state index in [4.69, 9.17) is 11.5 Å². The summed E-state index contributed by atoms with van der Waals surface area (Å²) >= 11 is 0. The first-order valence-electron chi connectivity index (χ1n) is 4.28. The molecule has 0 radical (unpaired) electrons. The quantitative estimate of drug-likeness (QED) is 0.689. The van der Waals surface area contributed by atoms with Crippen molar-refractivity contribution in [2.75, 3.05) is 0 Å². The van der Waals surface area contributed by atoms with E-state index in [1.165, 1.54) is 0 Å². The molecule has 4 N–H and O–H groups in total. The van der Waals surface area contributed by atoms with Crippen molar-refractivity contribution in [2.24, 2.45) is 17.4 Å². The van der Waals surface area contributed by atoms with Gasteiger partial charge in [-0.1, -0.05) is 6.92 Å². The molecule has 0 bridgehead atoms. The van der Waals surface area contributed by atoms with Crippen LogP contribution in [-0.4, -0.2) is 10.5 Å². The van der Waals surface area contributed by atoms with Crippen LogP contribution >= 0.6 is 0 Å². The van der Waals surface area contributed by atoms with E-state index in [0.717, 1.165) is 5.69 Å². The van der Waals surface area contributed by atoms with Gasteiger partial charge in [-0.05, 0) is 12.1 Å². The molecular weight excluding hydrogens is 166 g/mol. The number of carbonyl (C=O) groups is 1. The van der Waals surface area contributed by atoms with Crippen LogP contribution in [0.4, 0.5) is 0 Å². The van der Waals surface area contributed by atoms with Crippen LogP contribution < -0.4 is 11.5 Å². The Morgan fingerprint density at radius 1 is 1.69 bits per heavy atom. The normalized spacial score (nSPS) is 12.8. The van der Waals surface area contributed by atoms with Gasteiger partial charge in [0, 0.05) is 25.0 Å². The van der Waals surface area contributed by atoms with E-state index in [2.05, 4.69) is 0 Å². The lowest BCUT2D eigenvalue weighted by Crippen LogP contribution is -2.25. The average molecular weight is 181 g/mol. The van der Waals surface area contributed by atoms with Crippen LogP contribution in [-0.2, 0) is 17.9 Å². The number of aromatic nitrogens is 1. The Hall–Kier alpha value is -1.29. The van der Waals surface area contributed by atoms with Gasteiger partial charge in [0.2, 0.25) is 5.91 Å². The Bertz CT molecular complexity index is 293. The summed E-state index contributed by atoms with van der Waals surface area (Å²) in [5.74, 6) is -0.436. The van der Waals surface area contributed by atoms with Crippen molar-refractivity contribution in [3.8, 4) is 0 Å². The highest BCUT2D eigenvalue weighted by molar-refractivity contribution is 5.76. The number of carbonyl (C=O) groups excluding carboxylic acids is 1. The second-order valence-corrected chi connectivity index (χ2v) is 3.16. The van der Waals surface area contributed by atoms with E-state index in [1.54, 1.807) is 0 Å². The fraction of sp³-hybridized carbons (Fsp3) is 0.444. The second kappa shape index (κ2) is 4.09. The molecule has 4 heteroatoms. The van der Waals surface area contributed by atoms with Crippen LogP contribution in [0.25, 0.3) is 0 Å². The summed E-state index contributed by atoms with van der Waals surface area (Å²) < 4.78 is 1.95. The number of hydrogen-bond donors (Lipinski definition) is 2. The molecular formula is C9H15N3O. The molecule has 0 saturated heterocycles. The molecule has 0 aliphatic heterocycles. The van der Waals surface area contributed by atoms with Gasteiger partial charge in [-0.2, -0.15) is 0 Å². The van der Waals surface area contributed by atoms with Crippen molar-refractivity contribution in [1.29, 1.82) is 0 Å². The van der Waals surface area contributed by atoms with E-state index in [-0.39, 0.29) is 11.8 Å². The predicted octanol–water partition coefficient (Wildman–Crippen LogP) is 0.0682. The molecule has 13 heavy (non-hydrogen) atoms. The first kappa shape index (κ1) is 9.80. The standard InChI is InChI=1S/C9H15N3O/c1-7(9(11)13)6-12-4-2-3-8(12)5-10/h2-4,7H,5-6,10H2,1H3,(H2,11,13). The number of hydrogen-bond acceptors (Lipinski definition) is 2. The number of amides is 1. The van der Waals surface area contributed by atoms with Gasteiger partial charge in [0.1, 0.15) is 0 Å². The molecule has 1 unspecified atom stereocenters. The van der Waals surface area contributed by atoms with Gasteiger partial charge in [0.05, 0.1) is 5.92 Å². The fourth-order valence-electron chi connectivity index (χ4n) is 1.20. The zero-order valence-electron chi connectivity index (χ0n) is 7.73. The Labute approximate surface area is 77.5 Å². The number of primary amides is 1. The Balaban J connectivity index is 2.68. The van der Waals surface area contributed by atoms with Crippen molar-refractivity contribution in [3.05, 3.63) is 24.0 Å². The third-order valence-electron chi connectivity index (χ3n) is 2.09. The van der Waals surface area contributed by atoms with E-state index >= 15 is 0 Å².